The highest BCUT2D eigenvalue weighted by Gasteiger charge is 2.23. The molecular weight excluding hydrogens is 376 g/mol. The standard InChI is InChI=1S/C21H18N2O6/c1-13(20(24)22-17-9-5-7-14-6-3-4-8-16(14)17)29-19-11-10-15(21(25)28-2)12-18(19)23(26)27/h3-13H,1-2H3,(H,22,24)/t13-/m1/s1. The van der Waals surface area contributed by atoms with E-state index in [0.29, 0.717) is 5.69 Å². The smallest absolute Gasteiger partial charge is 0.338 e. The van der Waals surface area contributed by atoms with E-state index >= 15 is 0 Å². The molecule has 0 aromatic heterocycles. The molecule has 1 N–H and O–H groups in total. The van der Waals surface area contributed by atoms with E-state index in [1.165, 1.54) is 26.2 Å². The van der Waals surface area contributed by atoms with Gasteiger partial charge in [-0.2, -0.15) is 0 Å². The zero-order valence-corrected chi connectivity index (χ0v) is 15.7. The van der Waals surface area contributed by atoms with Crippen molar-refractivity contribution < 1.29 is 24.0 Å². The number of ether oxygens (including phenoxy) is 2. The zero-order chi connectivity index (χ0) is 21.0. The van der Waals surface area contributed by atoms with Crippen molar-refractivity contribution >= 4 is 34.0 Å². The van der Waals surface area contributed by atoms with Crippen molar-refractivity contribution in [2.24, 2.45) is 0 Å². The van der Waals surface area contributed by atoms with Crippen molar-refractivity contribution in [2.75, 3.05) is 12.4 Å². The topological polar surface area (TPSA) is 108 Å². The van der Waals surface area contributed by atoms with Gasteiger partial charge in [0.1, 0.15) is 0 Å². The Morgan fingerprint density at radius 3 is 2.52 bits per heavy atom. The maximum absolute atomic E-state index is 12.6. The molecule has 0 bridgehead atoms. The van der Waals surface area contributed by atoms with Gasteiger partial charge < -0.3 is 14.8 Å². The number of rotatable bonds is 6. The van der Waals surface area contributed by atoms with Gasteiger partial charge in [0.2, 0.25) is 0 Å². The molecule has 0 aliphatic carbocycles. The number of fused-ring (bicyclic) bond motifs is 1. The van der Waals surface area contributed by atoms with E-state index in [1.807, 2.05) is 36.4 Å². The summed E-state index contributed by atoms with van der Waals surface area (Å²) in [6.45, 7) is 1.48. The van der Waals surface area contributed by atoms with E-state index in [0.717, 1.165) is 16.8 Å². The number of nitro groups is 1. The fraction of sp³-hybridized carbons (Fsp3) is 0.143. The highest BCUT2D eigenvalue weighted by atomic mass is 16.6. The molecule has 148 valence electrons. The number of carbonyl (C=O) groups is 2. The molecule has 0 saturated heterocycles. The first-order valence-electron chi connectivity index (χ1n) is 8.72. The molecular formula is C21H18N2O6. The molecule has 0 fully saturated rings. The molecule has 0 heterocycles. The lowest BCUT2D eigenvalue weighted by molar-refractivity contribution is -0.386. The second kappa shape index (κ2) is 8.39. The molecule has 3 rings (SSSR count). The van der Waals surface area contributed by atoms with E-state index in [-0.39, 0.29) is 11.3 Å². The van der Waals surface area contributed by atoms with E-state index < -0.39 is 28.6 Å². The van der Waals surface area contributed by atoms with Crippen molar-refractivity contribution in [1.29, 1.82) is 0 Å². The fourth-order valence-corrected chi connectivity index (χ4v) is 2.82. The maximum atomic E-state index is 12.6. The summed E-state index contributed by atoms with van der Waals surface area (Å²) in [5.41, 5.74) is 0.191. The first kappa shape index (κ1) is 19.8. The molecule has 0 aliphatic heterocycles. The van der Waals surface area contributed by atoms with Crippen molar-refractivity contribution in [1.82, 2.24) is 0 Å². The second-order valence-electron chi connectivity index (χ2n) is 6.21. The predicted octanol–water partition coefficient (Wildman–Crippen LogP) is 3.94. The second-order valence-corrected chi connectivity index (χ2v) is 6.21. The van der Waals surface area contributed by atoms with Gasteiger partial charge in [-0.25, -0.2) is 4.79 Å². The number of nitro benzene ring substituents is 1. The van der Waals surface area contributed by atoms with E-state index in [4.69, 9.17) is 4.74 Å². The van der Waals surface area contributed by atoms with Crippen LogP contribution in [0.5, 0.6) is 5.75 Å². The Bertz CT molecular complexity index is 1090. The van der Waals surface area contributed by atoms with Gasteiger partial charge >= 0.3 is 11.7 Å². The van der Waals surface area contributed by atoms with Crippen LogP contribution in [-0.4, -0.2) is 30.0 Å². The summed E-state index contributed by atoms with van der Waals surface area (Å²) >= 11 is 0. The minimum Gasteiger partial charge on any atom is -0.474 e. The molecule has 0 spiro atoms. The SMILES string of the molecule is COC(=O)c1ccc(O[C@H](C)C(=O)Nc2cccc3ccccc23)c([N+](=O)[O-])c1. The largest absolute Gasteiger partial charge is 0.474 e. The number of nitrogens with one attached hydrogen (secondary N) is 1. The van der Waals surface area contributed by atoms with Crippen molar-refractivity contribution in [3.05, 3.63) is 76.3 Å². The van der Waals surface area contributed by atoms with Crippen LogP contribution in [0.3, 0.4) is 0 Å². The zero-order valence-electron chi connectivity index (χ0n) is 15.7. The van der Waals surface area contributed by atoms with Crippen LogP contribution in [0.15, 0.2) is 60.7 Å². The number of hydrogen-bond donors (Lipinski definition) is 1. The Morgan fingerprint density at radius 2 is 1.79 bits per heavy atom. The monoisotopic (exact) mass is 394 g/mol. The van der Waals surface area contributed by atoms with Crippen LogP contribution in [0, 0.1) is 10.1 Å². The molecule has 1 amide bonds. The molecule has 29 heavy (non-hydrogen) atoms. The highest BCUT2D eigenvalue weighted by molar-refractivity contribution is 6.03. The Morgan fingerprint density at radius 1 is 1.07 bits per heavy atom. The summed E-state index contributed by atoms with van der Waals surface area (Å²) in [7, 11) is 1.18. The quantitative estimate of drug-likeness (QED) is 0.385. The van der Waals surface area contributed by atoms with Crippen LogP contribution in [0.1, 0.15) is 17.3 Å². The minimum atomic E-state index is -1.02. The third-order valence-electron chi connectivity index (χ3n) is 4.30. The van der Waals surface area contributed by atoms with Crippen LogP contribution in [0.2, 0.25) is 0 Å². The molecule has 0 radical (unpaired) electrons. The number of carbonyl (C=O) groups excluding carboxylic acids is 2. The Labute approximate surface area is 166 Å². The van der Waals surface area contributed by atoms with Gasteiger partial charge in [0.15, 0.2) is 11.9 Å². The maximum Gasteiger partial charge on any atom is 0.338 e. The van der Waals surface area contributed by atoms with E-state index in [1.54, 1.807) is 6.07 Å². The Balaban J connectivity index is 1.80. The van der Waals surface area contributed by atoms with Gasteiger partial charge in [-0.15, -0.1) is 0 Å². The first-order valence-corrected chi connectivity index (χ1v) is 8.72. The minimum absolute atomic E-state index is 0.0133. The van der Waals surface area contributed by atoms with E-state index in [9.17, 15) is 19.7 Å². The van der Waals surface area contributed by atoms with Crippen LogP contribution >= 0.6 is 0 Å². The average Bonchev–Trinajstić information content (AvgIpc) is 2.73. The number of hydrogen-bond acceptors (Lipinski definition) is 6. The lowest BCUT2D eigenvalue weighted by atomic mass is 10.1. The Kier molecular flexibility index (Phi) is 5.73. The van der Waals surface area contributed by atoms with Crippen LogP contribution in [-0.2, 0) is 9.53 Å². The van der Waals surface area contributed by atoms with Gasteiger partial charge in [0, 0.05) is 17.1 Å². The van der Waals surface area contributed by atoms with Gasteiger partial charge in [-0.1, -0.05) is 36.4 Å². The Hall–Kier alpha value is -3.94. The summed E-state index contributed by atoms with van der Waals surface area (Å²) in [5, 5.41) is 16.0. The molecule has 0 saturated carbocycles. The molecule has 8 heteroatoms. The number of nitrogens with zero attached hydrogens (tertiary/aromatic N) is 1. The average molecular weight is 394 g/mol. The van der Waals surface area contributed by atoms with Crippen molar-refractivity contribution in [3.63, 3.8) is 0 Å². The lowest BCUT2D eigenvalue weighted by Gasteiger charge is -2.16. The summed E-state index contributed by atoms with van der Waals surface area (Å²) in [6.07, 6.45) is -1.02. The highest BCUT2D eigenvalue weighted by Crippen LogP contribution is 2.30. The van der Waals surface area contributed by atoms with Crippen molar-refractivity contribution in [3.8, 4) is 5.75 Å². The third-order valence-corrected chi connectivity index (χ3v) is 4.30. The van der Waals surface area contributed by atoms with Gasteiger partial charge in [0.05, 0.1) is 17.6 Å². The molecule has 0 aliphatic rings. The summed E-state index contributed by atoms with van der Waals surface area (Å²) in [5.74, 6) is -1.29. The summed E-state index contributed by atoms with van der Waals surface area (Å²) in [4.78, 5) is 34.8. The number of anilines is 1. The lowest BCUT2D eigenvalue weighted by Crippen LogP contribution is -2.30. The number of benzene rings is 3. The first-order chi connectivity index (χ1) is 13.9. The van der Waals surface area contributed by atoms with Crippen LogP contribution < -0.4 is 10.1 Å². The predicted molar refractivity (Wildman–Crippen MR) is 107 cm³/mol. The summed E-state index contributed by atoms with van der Waals surface area (Å²) < 4.78 is 10.1. The fourth-order valence-electron chi connectivity index (χ4n) is 2.82. The van der Waals surface area contributed by atoms with E-state index in [2.05, 4.69) is 10.1 Å². The normalized spacial score (nSPS) is 11.5. The third kappa shape index (κ3) is 4.32. The van der Waals surface area contributed by atoms with Crippen molar-refractivity contribution in [2.45, 2.75) is 13.0 Å². The van der Waals surface area contributed by atoms with Crippen LogP contribution in [0.4, 0.5) is 11.4 Å². The molecule has 3 aromatic rings. The molecule has 8 nitrogen and oxygen atoms in total. The van der Waals surface area contributed by atoms with Gasteiger partial charge in [0.25, 0.3) is 5.91 Å². The molecule has 3 aromatic carbocycles. The number of esters is 1. The summed E-state index contributed by atoms with van der Waals surface area (Å²) in [6, 6.07) is 16.7. The number of methoxy groups -OCH3 is 1. The van der Waals surface area contributed by atoms with Crippen LogP contribution in [0.25, 0.3) is 10.8 Å². The number of amides is 1. The van der Waals surface area contributed by atoms with Gasteiger partial charge in [-0.3, -0.25) is 14.9 Å². The molecule has 1 atom stereocenters. The molecule has 0 unspecified atom stereocenters. The van der Waals surface area contributed by atoms with Gasteiger partial charge in [-0.05, 0) is 30.5 Å².